The molecule has 4 amide bonds. The summed E-state index contributed by atoms with van der Waals surface area (Å²) in [4.78, 5) is 39.1. The minimum atomic E-state index is -0.655. The number of carbonyl (C=O) groups excluding carboxylic acids is 3. The molecule has 0 spiro atoms. The van der Waals surface area contributed by atoms with Gasteiger partial charge in [0.2, 0.25) is 6.79 Å². The van der Waals surface area contributed by atoms with Crippen molar-refractivity contribution in [1.29, 1.82) is 0 Å². The van der Waals surface area contributed by atoms with E-state index in [1.54, 1.807) is 6.08 Å². The zero-order valence-corrected chi connectivity index (χ0v) is 17.4. The molecule has 1 N–H and O–H groups in total. The number of rotatable bonds is 3. The molecule has 2 fully saturated rings. The number of hydrogen-bond acceptors (Lipinski definition) is 5. The Balaban J connectivity index is 1.52. The Kier molecular flexibility index (Phi) is 4.57. The lowest BCUT2D eigenvalue weighted by atomic mass is 10.1. The van der Waals surface area contributed by atoms with Crippen LogP contribution in [0.25, 0.3) is 11.8 Å². The third-order valence-electron chi connectivity index (χ3n) is 6.21. The summed E-state index contributed by atoms with van der Waals surface area (Å²) >= 11 is 0. The van der Waals surface area contributed by atoms with Crippen LogP contribution in [-0.4, -0.2) is 40.1 Å². The number of fused-ring (bicyclic) bond motifs is 1. The maximum absolute atomic E-state index is 13.1. The second kappa shape index (κ2) is 7.30. The van der Waals surface area contributed by atoms with Crippen molar-refractivity contribution in [1.82, 2.24) is 14.8 Å². The first kappa shape index (κ1) is 19.4. The minimum absolute atomic E-state index is 0.0163. The Bertz CT molecular complexity index is 1140. The van der Waals surface area contributed by atoms with Crippen LogP contribution in [0.1, 0.15) is 42.6 Å². The molecule has 5 rings (SSSR count). The number of barbiturate groups is 1. The van der Waals surface area contributed by atoms with Gasteiger partial charge in [-0.25, -0.2) is 4.79 Å². The topological polar surface area (TPSA) is 89.9 Å². The van der Waals surface area contributed by atoms with Gasteiger partial charge in [-0.15, -0.1) is 0 Å². The summed E-state index contributed by atoms with van der Waals surface area (Å²) in [5, 5.41) is 2.33. The number of carbonyl (C=O) groups is 3. The van der Waals surface area contributed by atoms with Gasteiger partial charge in [-0.2, -0.15) is 0 Å². The number of aryl methyl sites for hydroxylation is 1. The lowest BCUT2D eigenvalue weighted by Gasteiger charge is -2.31. The summed E-state index contributed by atoms with van der Waals surface area (Å²) in [5.74, 6) is 0.206. The molecule has 160 valence electrons. The second-order valence-electron chi connectivity index (χ2n) is 8.13. The standard InChI is InChI=1S/C23H23N3O5/c1-13-9-15(14(2)25(13)17-7-8-19-20(11-17)31-12-30-19)10-18-21(27)24-23(29)26(22(18)28)16-5-3-4-6-16/h7-11,16H,3-6,12H2,1-2H3,(H,24,27,29)/b18-10+. The fraction of sp³-hybridized carbons (Fsp3) is 0.348. The monoisotopic (exact) mass is 421 g/mol. The van der Waals surface area contributed by atoms with Gasteiger partial charge in [-0.05, 0) is 56.5 Å². The fourth-order valence-corrected chi connectivity index (χ4v) is 4.68. The third kappa shape index (κ3) is 3.19. The molecule has 0 radical (unpaired) electrons. The van der Waals surface area contributed by atoms with E-state index in [1.807, 2.05) is 42.7 Å². The Morgan fingerprint density at radius 3 is 2.55 bits per heavy atom. The van der Waals surface area contributed by atoms with E-state index in [0.29, 0.717) is 11.5 Å². The van der Waals surface area contributed by atoms with E-state index < -0.39 is 17.8 Å². The highest BCUT2D eigenvalue weighted by Crippen LogP contribution is 2.35. The van der Waals surface area contributed by atoms with Crippen LogP contribution in [0.5, 0.6) is 11.5 Å². The summed E-state index contributed by atoms with van der Waals surface area (Å²) in [6, 6.07) is 6.85. The van der Waals surface area contributed by atoms with Gasteiger partial charge in [0, 0.05) is 29.2 Å². The molecule has 1 saturated heterocycles. The Morgan fingerprint density at radius 2 is 1.77 bits per heavy atom. The van der Waals surface area contributed by atoms with Crippen molar-refractivity contribution < 1.29 is 23.9 Å². The summed E-state index contributed by atoms with van der Waals surface area (Å²) in [6.45, 7) is 4.08. The Morgan fingerprint density at radius 1 is 1.03 bits per heavy atom. The van der Waals surface area contributed by atoms with Gasteiger partial charge >= 0.3 is 6.03 Å². The number of nitrogens with zero attached hydrogens (tertiary/aromatic N) is 2. The molecule has 8 nitrogen and oxygen atoms in total. The van der Waals surface area contributed by atoms with E-state index in [2.05, 4.69) is 5.32 Å². The summed E-state index contributed by atoms with van der Waals surface area (Å²) < 4.78 is 12.9. The van der Waals surface area contributed by atoms with Crippen LogP contribution in [0.3, 0.4) is 0 Å². The number of nitrogens with one attached hydrogen (secondary N) is 1. The minimum Gasteiger partial charge on any atom is -0.454 e. The first-order chi connectivity index (χ1) is 14.9. The van der Waals surface area contributed by atoms with Gasteiger partial charge in [0.1, 0.15) is 5.57 Å². The van der Waals surface area contributed by atoms with Gasteiger partial charge in [0.25, 0.3) is 11.8 Å². The van der Waals surface area contributed by atoms with Gasteiger partial charge < -0.3 is 14.0 Å². The zero-order chi connectivity index (χ0) is 21.7. The van der Waals surface area contributed by atoms with Crippen LogP contribution in [0.2, 0.25) is 0 Å². The van der Waals surface area contributed by atoms with Crippen molar-refractivity contribution >= 4 is 23.9 Å². The molecular weight excluding hydrogens is 398 g/mol. The normalized spacial score (nSPS) is 20.1. The number of imide groups is 2. The van der Waals surface area contributed by atoms with Crippen molar-refractivity contribution in [3.05, 3.63) is 46.8 Å². The maximum Gasteiger partial charge on any atom is 0.331 e. The van der Waals surface area contributed by atoms with E-state index in [1.165, 1.54) is 4.90 Å². The number of hydrogen-bond donors (Lipinski definition) is 1. The van der Waals surface area contributed by atoms with Crippen LogP contribution < -0.4 is 14.8 Å². The number of aromatic nitrogens is 1. The number of amides is 4. The molecular formula is C23H23N3O5. The largest absolute Gasteiger partial charge is 0.454 e. The maximum atomic E-state index is 13.1. The highest BCUT2D eigenvalue weighted by Gasteiger charge is 2.40. The van der Waals surface area contributed by atoms with E-state index in [4.69, 9.17) is 9.47 Å². The molecule has 1 aromatic carbocycles. The molecule has 31 heavy (non-hydrogen) atoms. The number of urea groups is 1. The SMILES string of the molecule is Cc1cc(/C=C2\C(=O)NC(=O)N(C3CCCC3)C2=O)c(C)n1-c1ccc2c(c1)OCO2. The molecule has 0 bridgehead atoms. The summed E-state index contributed by atoms with van der Waals surface area (Å²) in [7, 11) is 0. The molecule has 1 aromatic heterocycles. The van der Waals surface area contributed by atoms with Crippen LogP contribution in [0.15, 0.2) is 29.8 Å². The van der Waals surface area contributed by atoms with E-state index in [-0.39, 0.29) is 18.4 Å². The van der Waals surface area contributed by atoms with Gasteiger partial charge in [0.05, 0.1) is 0 Å². The van der Waals surface area contributed by atoms with Gasteiger partial charge in [-0.3, -0.25) is 19.8 Å². The van der Waals surface area contributed by atoms with Gasteiger partial charge in [-0.1, -0.05) is 12.8 Å². The van der Waals surface area contributed by atoms with Crippen molar-refractivity contribution in [2.75, 3.05) is 6.79 Å². The van der Waals surface area contributed by atoms with E-state index >= 15 is 0 Å². The smallest absolute Gasteiger partial charge is 0.331 e. The predicted octanol–water partition coefficient (Wildman–Crippen LogP) is 3.23. The fourth-order valence-electron chi connectivity index (χ4n) is 4.68. The molecule has 1 aliphatic carbocycles. The zero-order valence-electron chi connectivity index (χ0n) is 17.4. The summed E-state index contributed by atoms with van der Waals surface area (Å²) in [6.07, 6.45) is 5.09. The van der Waals surface area contributed by atoms with E-state index in [9.17, 15) is 14.4 Å². The average molecular weight is 421 g/mol. The highest BCUT2D eigenvalue weighted by molar-refractivity contribution is 6.31. The molecule has 0 atom stereocenters. The Hall–Kier alpha value is -3.55. The van der Waals surface area contributed by atoms with Crippen molar-refractivity contribution in [3.8, 4) is 17.2 Å². The quantitative estimate of drug-likeness (QED) is 0.607. The number of benzene rings is 1. The number of ether oxygens (including phenoxy) is 2. The lowest BCUT2D eigenvalue weighted by Crippen LogP contribution is -2.57. The molecule has 0 unspecified atom stereocenters. The first-order valence-corrected chi connectivity index (χ1v) is 10.4. The van der Waals surface area contributed by atoms with Crippen molar-refractivity contribution in [3.63, 3.8) is 0 Å². The highest BCUT2D eigenvalue weighted by atomic mass is 16.7. The van der Waals surface area contributed by atoms with Crippen LogP contribution in [-0.2, 0) is 9.59 Å². The summed E-state index contributed by atoms with van der Waals surface area (Å²) in [5.41, 5.74) is 3.43. The van der Waals surface area contributed by atoms with Crippen LogP contribution >= 0.6 is 0 Å². The lowest BCUT2D eigenvalue weighted by molar-refractivity contribution is -0.131. The van der Waals surface area contributed by atoms with E-state index in [0.717, 1.165) is 48.3 Å². The molecule has 3 aliphatic rings. The van der Waals surface area contributed by atoms with Gasteiger partial charge in [0.15, 0.2) is 11.5 Å². The van der Waals surface area contributed by atoms with Crippen molar-refractivity contribution in [2.45, 2.75) is 45.6 Å². The van der Waals surface area contributed by atoms with Crippen LogP contribution in [0, 0.1) is 13.8 Å². The average Bonchev–Trinajstić information content (AvgIpc) is 3.46. The molecule has 3 heterocycles. The predicted molar refractivity (Wildman–Crippen MR) is 112 cm³/mol. The molecule has 2 aromatic rings. The third-order valence-corrected chi connectivity index (χ3v) is 6.21. The van der Waals surface area contributed by atoms with Crippen molar-refractivity contribution in [2.24, 2.45) is 0 Å². The second-order valence-corrected chi connectivity index (χ2v) is 8.13. The Labute approximate surface area is 179 Å². The van der Waals surface area contributed by atoms with Crippen LogP contribution in [0.4, 0.5) is 4.79 Å². The molecule has 2 aliphatic heterocycles. The molecule has 8 heteroatoms. The first-order valence-electron chi connectivity index (χ1n) is 10.4. The molecule has 1 saturated carbocycles.